The van der Waals surface area contributed by atoms with Crippen LogP contribution in [0.15, 0.2) is 33.8 Å². The van der Waals surface area contributed by atoms with Gasteiger partial charge in [0.15, 0.2) is 11.8 Å². The number of aliphatic imine (C=N–C) groups is 1. The number of aromatic nitrogens is 2. The minimum Gasteiger partial charge on any atom is -0.356 e. The molecular formula is C14H18FN5O. The van der Waals surface area contributed by atoms with Gasteiger partial charge in [-0.05, 0) is 13.0 Å². The summed E-state index contributed by atoms with van der Waals surface area (Å²) < 4.78 is 18.5. The molecule has 1 aromatic carbocycles. The molecule has 0 radical (unpaired) electrons. The van der Waals surface area contributed by atoms with E-state index in [0.717, 1.165) is 0 Å². The second-order valence-electron chi connectivity index (χ2n) is 4.43. The van der Waals surface area contributed by atoms with E-state index in [1.165, 1.54) is 6.07 Å². The summed E-state index contributed by atoms with van der Waals surface area (Å²) in [4.78, 5) is 8.19. The number of aryl methyl sites for hydroxylation is 1. The number of halogens is 1. The summed E-state index contributed by atoms with van der Waals surface area (Å²) in [6.45, 7) is 2.74. The standard InChI is InChI=1S/C14H18FN5O/c1-10-19-13(21-20-10)7-8-17-14(16-2)18-9-11-5-3-4-6-12(11)15/h3-6H,7-9H2,1-2H3,(H2,16,17,18). The zero-order chi connectivity index (χ0) is 15.1. The van der Waals surface area contributed by atoms with E-state index in [0.29, 0.717) is 42.7 Å². The van der Waals surface area contributed by atoms with Gasteiger partial charge < -0.3 is 15.2 Å². The zero-order valence-electron chi connectivity index (χ0n) is 12.1. The molecule has 21 heavy (non-hydrogen) atoms. The summed E-state index contributed by atoms with van der Waals surface area (Å²) in [6, 6.07) is 6.63. The summed E-state index contributed by atoms with van der Waals surface area (Å²) in [5.41, 5.74) is 0.591. The first-order valence-corrected chi connectivity index (χ1v) is 6.66. The predicted octanol–water partition coefficient (Wildman–Crippen LogP) is 1.42. The van der Waals surface area contributed by atoms with Gasteiger partial charge in [0.2, 0.25) is 5.89 Å². The fraction of sp³-hybridized carbons (Fsp3) is 0.357. The van der Waals surface area contributed by atoms with Crippen molar-refractivity contribution in [1.29, 1.82) is 0 Å². The number of guanidine groups is 1. The highest BCUT2D eigenvalue weighted by atomic mass is 19.1. The molecule has 0 unspecified atom stereocenters. The first-order chi connectivity index (χ1) is 10.2. The highest BCUT2D eigenvalue weighted by Crippen LogP contribution is 2.05. The molecule has 6 nitrogen and oxygen atoms in total. The smallest absolute Gasteiger partial charge is 0.228 e. The number of nitrogens with one attached hydrogen (secondary N) is 2. The van der Waals surface area contributed by atoms with Gasteiger partial charge >= 0.3 is 0 Å². The lowest BCUT2D eigenvalue weighted by molar-refractivity contribution is 0.374. The van der Waals surface area contributed by atoms with Crippen molar-refractivity contribution < 1.29 is 8.91 Å². The van der Waals surface area contributed by atoms with Gasteiger partial charge in [0.25, 0.3) is 0 Å². The minimum atomic E-state index is -0.234. The van der Waals surface area contributed by atoms with Gasteiger partial charge in [0.1, 0.15) is 5.82 Å². The average Bonchev–Trinajstić information content (AvgIpc) is 2.90. The van der Waals surface area contributed by atoms with E-state index in [9.17, 15) is 4.39 Å². The minimum absolute atomic E-state index is 0.234. The number of benzene rings is 1. The molecule has 0 aliphatic heterocycles. The highest BCUT2D eigenvalue weighted by molar-refractivity contribution is 5.79. The Balaban J connectivity index is 1.77. The van der Waals surface area contributed by atoms with E-state index >= 15 is 0 Å². The average molecular weight is 291 g/mol. The first-order valence-electron chi connectivity index (χ1n) is 6.66. The van der Waals surface area contributed by atoms with Crippen LogP contribution < -0.4 is 10.6 Å². The van der Waals surface area contributed by atoms with E-state index < -0.39 is 0 Å². The Bertz CT molecular complexity index is 611. The fourth-order valence-electron chi connectivity index (χ4n) is 1.77. The van der Waals surface area contributed by atoms with Crippen molar-refractivity contribution in [3.63, 3.8) is 0 Å². The Morgan fingerprint density at radius 2 is 2.14 bits per heavy atom. The topological polar surface area (TPSA) is 75.3 Å². The van der Waals surface area contributed by atoms with Gasteiger partial charge in [-0.3, -0.25) is 4.99 Å². The van der Waals surface area contributed by atoms with Crippen molar-refractivity contribution in [2.75, 3.05) is 13.6 Å². The molecule has 7 heteroatoms. The van der Waals surface area contributed by atoms with Crippen LogP contribution in [0.5, 0.6) is 0 Å². The monoisotopic (exact) mass is 291 g/mol. The molecule has 2 N–H and O–H groups in total. The summed E-state index contributed by atoms with van der Waals surface area (Å²) in [7, 11) is 1.66. The number of nitrogens with zero attached hydrogens (tertiary/aromatic N) is 3. The largest absolute Gasteiger partial charge is 0.356 e. The zero-order valence-corrected chi connectivity index (χ0v) is 12.1. The molecule has 0 spiro atoms. The van der Waals surface area contributed by atoms with Gasteiger partial charge in [-0.2, -0.15) is 4.98 Å². The molecule has 1 aromatic heterocycles. The second kappa shape index (κ2) is 7.37. The third kappa shape index (κ3) is 4.55. The molecule has 2 aromatic rings. The van der Waals surface area contributed by atoms with E-state index in [4.69, 9.17) is 4.52 Å². The molecular weight excluding hydrogens is 273 g/mol. The van der Waals surface area contributed by atoms with E-state index in [1.54, 1.807) is 32.2 Å². The first kappa shape index (κ1) is 15.0. The fourth-order valence-corrected chi connectivity index (χ4v) is 1.77. The van der Waals surface area contributed by atoms with Gasteiger partial charge in [0.05, 0.1) is 0 Å². The molecule has 1 heterocycles. The molecule has 0 saturated carbocycles. The van der Waals surface area contributed by atoms with Crippen LogP contribution in [0, 0.1) is 12.7 Å². The molecule has 0 atom stereocenters. The third-order valence-electron chi connectivity index (χ3n) is 2.83. The Kier molecular flexibility index (Phi) is 5.25. The van der Waals surface area contributed by atoms with Crippen LogP contribution in [0.25, 0.3) is 0 Å². The van der Waals surface area contributed by atoms with Crippen LogP contribution >= 0.6 is 0 Å². The molecule has 0 saturated heterocycles. The normalized spacial score (nSPS) is 11.5. The summed E-state index contributed by atoms with van der Waals surface area (Å²) in [5.74, 6) is 1.55. The Hall–Kier alpha value is -2.44. The lowest BCUT2D eigenvalue weighted by Crippen LogP contribution is -2.38. The van der Waals surface area contributed by atoms with Crippen molar-refractivity contribution in [2.24, 2.45) is 4.99 Å². The maximum absolute atomic E-state index is 13.5. The lowest BCUT2D eigenvalue weighted by Gasteiger charge is -2.11. The van der Waals surface area contributed by atoms with Crippen molar-refractivity contribution in [2.45, 2.75) is 19.9 Å². The summed E-state index contributed by atoms with van der Waals surface area (Å²) in [6.07, 6.45) is 0.598. The Morgan fingerprint density at radius 1 is 1.33 bits per heavy atom. The summed E-state index contributed by atoms with van der Waals surface area (Å²) >= 11 is 0. The van der Waals surface area contributed by atoms with Crippen molar-refractivity contribution in [1.82, 2.24) is 20.8 Å². The lowest BCUT2D eigenvalue weighted by atomic mass is 10.2. The molecule has 0 bridgehead atoms. The number of rotatable bonds is 5. The SMILES string of the molecule is CN=C(NCCc1nc(C)no1)NCc1ccccc1F. The maximum atomic E-state index is 13.5. The molecule has 0 aliphatic carbocycles. The van der Waals surface area contributed by atoms with Gasteiger partial charge in [0, 0.05) is 32.1 Å². The van der Waals surface area contributed by atoms with Gasteiger partial charge in [-0.15, -0.1) is 0 Å². The summed E-state index contributed by atoms with van der Waals surface area (Å²) in [5, 5.41) is 9.87. The molecule has 0 fully saturated rings. The van der Waals surface area contributed by atoms with Crippen molar-refractivity contribution >= 4 is 5.96 Å². The quantitative estimate of drug-likeness (QED) is 0.644. The van der Waals surface area contributed by atoms with E-state index in [2.05, 4.69) is 25.8 Å². The van der Waals surface area contributed by atoms with Crippen LogP contribution in [0.4, 0.5) is 4.39 Å². The highest BCUT2D eigenvalue weighted by Gasteiger charge is 2.04. The molecule has 2 rings (SSSR count). The maximum Gasteiger partial charge on any atom is 0.228 e. The molecule has 112 valence electrons. The van der Waals surface area contributed by atoms with E-state index in [1.807, 2.05) is 0 Å². The number of hydrogen-bond donors (Lipinski definition) is 2. The van der Waals surface area contributed by atoms with Crippen LogP contribution in [0.2, 0.25) is 0 Å². The Morgan fingerprint density at radius 3 is 2.81 bits per heavy atom. The number of hydrogen-bond acceptors (Lipinski definition) is 4. The molecule has 0 amide bonds. The van der Waals surface area contributed by atoms with Gasteiger partial charge in [-0.25, -0.2) is 4.39 Å². The van der Waals surface area contributed by atoms with Crippen LogP contribution in [-0.2, 0) is 13.0 Å². The van der Waals surface area contributed by atoms with Crippen LogP contribution in [-0.4, -0.2) is 29.7 Å². The molecule has 0 aliphatic rings. The predicted molar refractivity (Wildman–Crippen MR) is 77.3 cm³/mol. The Labute approximate surface area is 122 Å². The van der Waals surface area contributed by atoms with Crippen molar-refractivity contribution in [3.8, 4) is 0 Å². The van der Waals surface area contributed by atoms with Crippen LogP contribution in [0.3, 0.4) is 0 Å². The van der Waals surface area contributed by atoms with E-state index in [-0.39, 0.29) is 5.82 Å². The van der Waals surface area contributed by atoms with Gasteiger partial charge in [-0.1, -0.05) is 23.4 Å². The third-order valence-corrected chi connectivity index (χ3v) is 2.83. The van der Waals surface area contributed by atoms with Crippen LogP contribution in [0.1, 0.15) is 17.3 Å². The second-order valence-corrected chi connectivity index (χ2v) is 4.43. The van der Waals surface area contributed by atoms with Crippen molar-refractivity contribution in [3.05, 3.63) is 47.4 Å².